The molecule has 17 heavy (non-hydrogen) atoms. The van der Waals surface area contributed by atoms with Crippen LogP contribution >= 0.6 is 0 Å². The van der Waals surface area contributed by atoms with Crippen molar-refractivity contribution < 1.29 is 4.74 Å². The van der Waals surface area contributed by atoms with E-state index in [0.29, 0.717) is 11.8 Å². The molecule has 0 amide bonds. The van der Waals surface area contributed by atoms with Crippen molar-refractivity contribution >= 4 is 0 Å². The number of rotatable bonds is 4. The molecule has 2 rings (SSSR count). The van der Waals surface area contributed by atoms with Crippen LogP contribution in [-0.4, -0.2) is 0 Å². The number of ether oxygens (including phenoxy) is 1. The van der Waals surface area contributed by atoms with Gasteiger partial charge in [-0.05, 0) is 25.7 Å². The molecule has 0 aliphatic heterocycles. The van der Waals surface area contributed by atoms with Gasteiger partial charge in [0.15, 0.2) is 0 Å². The van der Waals surface area contributed by atoms with E-state index in [4.69, 9.17) is 4.74 Å². The van der Waals surface area contributed by atoms with Crippen molar-refractivity contribution in [2.75, 3.05) is 0 Å². The summed E-state index contributed by atoms with van der Waals surface area (Å²) in [6.45, 7) is 8.26. The predicted octanol–water partition coefficient (Wildman–Crippen LogP) is 5.19. The lowest BCUT2D eigenvalue weighted by Crippen LogP contribution is -2.15. The maximum Gasteiger partial charge on any atom is 0.0995 e. The van der Waals surface area contributed by atoms with E-state index in [2.05, 4.69) is 13.2 Å². The van der Waals surface area contributed by atoms with Crippen LogP contribution in [0, 0.1) is 11.8 Å². The summed E-state index contributed by atoms with van der Waals surface area (Å²) >= 11 is 0. The minimum atomic E-state index is 0.587. The van der Waals surface area contributed by atoms with Crippen molar-refractivity contribution in [2.45, 2.75) is 64.2 Å². The Morgan fingerprint density at radius 2 is 1.00 bits per heavy atom. The Kier molecular flexibility index (Phi) is 4.70. The Hall–Kier alpha value is -0.720. The van der Waals surface area contributed by atoms with Gasteiger partial charge >= 0.3 is 0 Å². The van der Waals surface area contributed by atoms with Crippen molar-refractivity contribution in [3.63, 3.8) is 0 Å². The fourth-order valence-corrected chi connectivity index (χ4v) is 3.18. The minimum absolute atomic E-state index is 0.587. The fourth-order valence-electron chi connectivity index (χ4n) is 3.18. The zero-order valence-corrected chi connectivity index (χ0v) is 11.0. The van der Waals surface area contributed by atoms with Gasteiger partial charge in [-0.15, -0.1) is 0 Å². The molecule has 0 saturated heterocycles. The topological polar surface area (TPSA) is 9.23 Å². The zero-order chi connectivity index (χ0) is 12.1. The highest BCUT2D eigenvalue weighted by Gasteiger charge is 2.22. The highest BCUT2D eigenvalue weighted by Crippen LogP contribution is 2.34. The normalized spacial score (nSPS) is 23.3. The summed E-state index contributed by atoms with van der Waals surface area (Å²) in [5.41, 5.74) is 0. The summed E-state index contributed by atoms with van der Waals surface area (Å²) in [5, 5.41) is 0. The van der Waals surface area contributed by atoms with Crippen LogP contribution in [0.4, 0.5) is 0 Å². The summed E-state index contributed by atoms with van der Waals surface area (Å²) in [6.07, 6.45) is 13.2. The van der Waals surface area contributed by atoms with Gasteiger partial charge in [-0.1, -0.05) is 51.7 Å². The summed E-state index contributed by atoms with van der Waals surface area (Å²) in [6, 6.07) is 0. The smallest absolute Gasteiger partial charge is 0.0995 e. The SMILES string of the molecule is C=C(OC(=C)C1CCCCC1)C1CCCCC1. The monoisotopic (exact) mass is 234 g/mol. The van der Waals surface area contributed by atoms with Crippen molar-refractivity contribution in [3.8, 4) is 0 Å². The molecule has 0 unspecified atom stereocenters. The highest BCUT2D eigenvalue weighted by molar-refractivity contribution is 5.02. The standard InChI is InChI=1S/C16H26O/c1-13(15-9-5-3-6-10-15)17-14(2)16-11-7-4-8-12-16/h15-16H,1-12H2. The first-order valence-corrected chi connectivity index (χ1v) is 7.33. The molecule has 0 aromatic heterocycles. The molecule has 0 heterocycles. The molecule has 0 bridgehead atoms. The summed E-state index contributed by atoms with van der Waals surface area (Å²) in [4.78, 5) is 0. The van der Waals surface area contributed by atoms with Gasteiger partial charge in [0, 0.05) is 11.8 Å². The van der Waals surface area contributed by atoms with Gasteiger partial charge in [-0.25, -0.2) is 0 Å². The predicted molar refractivity (Wildman–Crippen MR) is 72.5 cm³/mol. The van der Waals surface area contributed by atoms with Crippen molar-refractivity contribution in [3.05, 3.63) is 24.7 Å². The first-order chi connectivity index (χ1) is 8.27. The van der Waals surface area contributed by atoms with E-state index in [9.17, 15) is 0 Å². The van der Waals surface area contributed by atoms with E-state index >= 15 is 0 Å². The summed E-state index contributed by atoms with van der Waals surface area (Å²) in [7, 11) is 0. The molecule has 2 aliphatic rings. The van der Waals surface area contributed by atoms with E-state index in [1.54, 1.807) is 0 Å². The van der Waals surface area contributed by atoms with E-state index in [1.807, 2.05) is 0 Å². The Bertz CT molecular complexity index is 239. The third kappa shape index (κ3) is 3.62. The number of allylic oxidation sites excluding steroid dienone is 2. The van der Waals surface area contributed by atoms with Gasteiger partial charge in [0.25, 0.3) is 0 Å². The third-order valence-corrected chi connectivity index (χ3v) is 4.38. The molecule has 0 spiro atoms. The van der Waals surface area contributed by atoms with E-state index in [1.165, 1.54) is 64.2 Å². The maximum atomic E-state index is 5.94. The van der Waals surface area contributed by atoms with Gasteiger partial charge in [0.2, 0.25) is 0 Å². The first-order valence-electron chi connectivity index (χ1n) is 7.33. The van der Waals surface area contributed by atoms with Crippen LogP contribution in [-0.2, 0) is 4.74 Å². The second kappa shape index (κ2) is 6.28. The quantitative estimate of drug-likeness (QED) is 0.608. The largest absolute Gasteiger partial charge is 0.467 e. The van der Waals surface area contributed by atoms with Gasteiger partial charge < -0.3 is 4.74 Å². The van der Waals surface area contributed by atoms with Crippen LogP contribution in [0.2, 0.25) is 0 Å². The van der Waals surface area contributed by atoms with Crippen LogP contribution < -0.4 is 0 Å². The van der Waals surface area contributed by atoms with Gasteiger partial charge in [-0.2, -0.15) is 0 Å². The fraction of sp³-hybridized carbons (Fsp3) is 0.750. The molecule has 2 fully saturated rings. The lowest BCUT2D eigenvalue weighted by molar-refractivity contribution is 0.182. The molecule has 0 N–H and O–H groups in total. The summed E-state index contributed by atoms with van der Waals surface area (Å²) in [5.74, 6) is 3.15. The second-order valence-corrected chi connectivity index (χ2v) is 5.70. The van der Waals surface area contributed by atoms with Crippen LogP contribution in [0.25, 0.3) is 0 Å². The average molecular weight is 234 g/mol. The van der Waals surface area contributed by atoms with Crippen LogP contribution in [0.3, 0.4) is 0 Å². The van der Waals surface area contributed by atoms with E-state index in [0.717, 1.165) is 11.5 Å². The number of hydrogen-bond donors (Lipinski definition) is 0. The van der Waals surface area contributed by atoms with Gasteiger partial charge in [0.1, 0.15) is 0 Å². The molecule has 0 aromatic carbocycles. The van der Waals surface area contributed by atoms with E-state index in [-0.39, 0.29) is 0 Å². The van der Waals surface area contributed by atoms with Crippen molar-refractivity contribution in [1.82, 2.24) is 0 Å². The molecule has 96 valence electrons. The first kappa shape index (κ1) is 12.7. The lowest BCUT2D eigenvalue weighted by Gasteiger charge is -2.28. The molecular weight excluding hydrogens is 208 g/mol. The highest BCUT2D eigenvalue weighted by atomic mass is 16.5. The Labute approximate surface area is 106 Å². The van der Waals surface area contributed by atoms with Gasteiger partial charge in [0.05, 0.1) is 11.5 Å². The second-order valence-electron chi connectivity index (χ2n) is 5.70. The molecule has 2 saturated carbocycles. The van der Waals surface area contributed by atoms with Crippen LogP contribution in [0.5, 0.6) is 0 Å². The lowest BCUT2D eigenvalue weighted by atomic mass is 9.87. The van der Waals surface area contributed by atoms with Crippen molar-refractivity contribution in [2.24, 2.45) is 11.8 Å². The Morgan fingerprint density at radius 1 is 0.647 bits per heavy atom. The Morgan fingerprint density at radius 3 is 1.35 bits per heavy atom. The summed E-state index contributed by atoms with van der Waals surface area (Å²) < 4.78 is 5.94. The van der Waals surface area contributed by atoms with Gasteiger partial charge in [-0.3, -0.25) is 0 Å². The average Bonchev–Trinajstić information content (AvgIpc) is 2.40. The van der Waals surface area contributed by atoms with Crippen LogP contribution in [0.15, 0.2) is 24.7 Å². The Balaban J connectivity index is 1.78. The molecule has 1 heteroatoms. The third-order valence-electron chi connectivity index (χ3n) is 4.38. The van der Waals surface area contributed by atoms with Crippen molar-refractivity contribution in [1.29, 1.82) is 0 Å². The molecule has 2 aliphatic carbocycles. The van der Waals surface area contributed by atoms with E-state index < -0.39 is 0 Å². The molecule has 0 aromatic rings. The maximum absolute atomic E-state index is 5.94. The minimum Gasteiger partial charge on any atom is -0.467 e. The molecular formula is C16H26O. The molecule has 0 radical (unpaired) electrons. The molecule has 1 nitrogen and oxygen atoms in total. The zero-order valence-electron chi connectivity index (χ0n) is 11.0. The van der Waals surface area contributed by atoms with Crippen LogP contribution in [0.1, 0.15) is 64.2 Å². The number of hydrogen-bond acceptors (Lipinski definition) is 1. The molecule has 0 atom stereocenters.